The summed E-state index contributed by atoms with van der Waals surface area (Å²) in [6, 6.07) is 14.3. The SMILES string of the molecule is C[C@H]1COCCN1c1cc(C2(S(O)(O)c3ccccc3F)CC2)nc(-c2ccc(NC(=O)Nc3cnn(C)c3)cc2)n1. The van der Waals surface area contributed by atoms with Gasteiger partial charge in [0.25, 0.3) is 0 Å². The molecule has 42 heavy (non-hydrogen) atoms. The number of anilines is 3. The van der Waals surface area contributed by atoms with Gasteiger partial charge in [0.05, 0.1) is 41.7 Å². The molecule has 1 saturated carbocycles. The molecule has 2 aliphatic rings. The molecular formula is C29H32FN7O4S. The third-order valence-corrected chi connectivity index (χ3v) is 10.2. The topological polar surface area (TPSA) is 138 Å². The van der Waals surface area contributed by atoms with E-state index in [1.807, 2.05) is 6.92 Å². The molecule has 2 aromatic carbocycles. The van der Waals surface area contributed by atoms with Gasteiger partial charge in [-0.25, -0.2) is 19.2 Å². The highest BCUT2D eigenvalue weighted by Gasteiger charge is 2.58. The van der Waals surface area contributed by atoms with Crippen molar-refractivity contribution < 1.29 is 23.0 Å². The molecule has 0 bridgehead atoms. The molecular weight excluding hydrogens is 561 g/mol. The molecule has 220 valence electrons. The Morgan fingerprint density at radius 2 is 1.83 bits per heavy atom. The van der Waals surface area contributed by atoms with Crippen molar-refractivity contribution >= 4 is 33.8 Å². The van der Waals surface area contributed by atoms with E-state index in [9.17, 15) is 18.3 Å². The molecule has 3 heterocycles. The van der Waals surface area contributed by atoms with Crippen LogP contribution in [0.5, 0.6) is 0 Å². The number of morpholine rings is 1. The van der Waals surface area contributed by atoms with Gasteiger partial charge in [0.1, 0.15) is 16.4 Å². The first-order valence-electron chi connectivity index (χ1n) is 13.6. The lowest BCUT2D eigenvalue weighted by atomic mass is 10.1. The number of urea groups is 1. The highest BCUT2D eigenvalue weighted by atomic mass is 32.3. The zero-order chi connectivity index (χ0) is 29.5. The summed E-state index contributed by atoms with van der Waals surface area (Å²) in [6.07, 6.45) is 4.14. The Bertz CT molecular complexity index is 1610. The normalized spacial score (nSPS) is 18.4. The first kappa shape index (κ1) is 28.1. The molecule has 1 saturated heterocycles. The number of hydrogen-bond acceptors (Lipinski definition) is 8. The Kier molecular flexibility index (Phi) is 7.35. The van der Waals surface area contributed by atoms with Crippen LogP contribution in [0.1, 0.15) is 25.5 Å². The summed E-state index contributed by atoms with van der Waals surface area (Å²) >= 11 is 0. The van der Waals surface area contributed by atoms with E-state index < -0.39 is 27.2 Å². The molecule has 4 aromatic rings. The second-order valence-electron chi connectivity index (χ2n) is 10.6. The second kappa shape index (κ2) is 11.0. The third kappa shape index (κ3) is 5.31. The molecule has 11 nitrogen and oxygen atoms in total. The number of amides is 2. The number of hydrogen-bond donors (Lipinski definition) is 4. The van der Waals surface area contributed by atoms with Gasteiger partial charge in [0, 0.05) is 37.1 Å². The van der Waals surface area contributed by atoms with Crippen LogP contribution in [0.3, 0.4) is 0 Å². The summed E-state index contributed by atoms with van der Waals surface area (Å²) in [5.41, 5.74) is 2.26. The third-order valence-electron chi connectivity index (χ3n) is 7.60. The molecule has 0 unspecified atom stereocenters. The Balaban J connectivity index is 1.33. The Morgan fingerprint density at radius 3 is 2.50 bits per heavy atom. The molecule has 6 rings (SSSR count). The minimum Gasteiger partial charge on any atom is -0.377 e. The lowest BCUT2D eigenvalue weighted by Gasteiger charge is -2.41. The van der Waals surface area contributed by atoms with Crippen LogP contribution < -0.4 is 15.5 Å². The number of carbonyl (C=O) groups is 1. The van der Waals surface area contributed by atoms with Gasteiger partial charge >= 0.3 is 6.03 Å². The van der Waals surface area contributed by atoms with Crippen LogP contribution in [0, 0.1) is 5.82 Å². The number of ether oxygens (including phenoxy) is 1. The molecule has 0 radical (unpaired) electrons. The average molecular weight is 594 g/mol. The van der Waals surface area contributed by atoms with E-state index >= 15 is 0 Å². The van der Waals surface area contributed by atoms with Crippen molar-refractivity contribution in [3.63, 3.8) is 0 Å². The maximum atomic E-state index is 14.8. The van der Waals surface area contributed by atoms with Gasteiger partial charge < -0.3 is 20.3 Å². The minimum atomic E-state index is -3.58. The van der Waals surface area contributed by atoms with Crippen LogP contribution in [-0.2, 0) is 16.5 Å². The maximum Gasteiger partial charge on any atom is 0.323 e. The zero-order valence-corrected chi connectivity index (χ0v) is 24.0. The summed E-state index contributed by atoms with van der Waals surface area (Å²) in [6.45, 7) is 3.72. The van der Waals surface area contributed by atoms with Gasteiger partial charge in [-0.1, -0.05) is 12.1 Å². The van der Waals surface area contributed by atoms with Crippen molar-refractivity contribution in [1.82, 2.24) is 19.7 Å². The Morgan fingerprint density at radius 1 is 1.10 bits per heavy atom. The highest BCUT2D eigenvalue weighted by molar-refractivity contribution is 8.25. The highest BCUT2D eigenvalue weighted by Crippen LogP contribution is 2.75. The maximum absolute atomic E-state index is 14.8. The number of carbonyl (C=O) groups excluding carboxylic acids is 1. The van der Waals surface area contributed by atoms with Crippen molar-refractivity contribution in [2.75, 3.05) is 35.3 Å². The quantitative estimate of drug-likeness (QED) is 0.215. The fourth-order valence-electron chi connectivity index (χ4n) is 5.18. The summed E-state index contributed by atoms with van der Waals surface area (Å²) in [5.74, 6) is 0.372. The monoisotopic (exact) mass is 593 g/mol. The van der Waals surface area contributed by atoms with E-state index in [1.54, 1.807) is 60.5 Å². The lowest BCUT2D eigenvalue weighted by molar-refractivity contribution is 0.0985. The summed E-state index contributed by atoms with van der Waals surface area (Å²) in [7, 11) is -1.82. The number of nitrogens with one attached hydrogen (secondary N) is 2. The van der Waals surface area contributed by atoms with Gasteiger partial charge in [-0.2, -0.15) is 15.7 Å². The van der Waals surface area contributed by atoms with Crippen LogP contribution in [0.2, 0.25) is 0 Å². The van der Waals surface area contributed by atoms with Crippen molar-refractivity contribution in [1.29, 1.82) is 0 Å². The van der Waals surface area contributed by atoms with Crippen molar-refractivity contribution in [2.24, 2.45) is 7.05 Å². The molecule has 1 aliphatic carbocycles. The fraction of sp³-hybridized carbons (Fsp3) is 0.310. The van der Waals surface area contributed by atoms with E-state index in [0.717, 1.165) is 0 Å². The van der Waals surface area contributed by atoms with Gasteiger partial charge in [-0.3, -0.25) is 13.8 Å². The standard InChI is InChI=1S/C29H32FN7O4S/c1-19-18-41-14-13-37(19)26-15-25(29(11-12-29)42(39,40)24-6-4-3-5-23(24)30)34-27(35-26)20-7-9-21(10-8-20)32-28(38)33-22-16-31-36(2)17-22/h3-10,15-17,19,39-40H,11-14,18H2,1-2H3,(H2,32,33,38)/t19-/m0/s1. The molecule has 13 heteroatoms. The van der Waals surface area contributed by atoms with Crippen LogP contribution in [-0.4, -0.2) is 60.7 Å². The number of aromatic nitrogens is 4. The van der Waals surface area contributed by atoms with E-state index in [4.69, 9.17) is 14.7 Å². The number of nitrogens with zero attached hydrogens (tertiary/aromatic N) is 5. The first-order chi connectivity index (χ1) is 20.2. The van der Waals surface area contributed by atoms with E-state index in [-0.39, 0.29) is 10.9 Å². The number of rotatable bonds is 7. The lowest BCUT2D eigenvalue weighted by Crippen LogP contribution is -2.44. The molecule has 0 spiro atoms. The van der Waals surface area contributed by atoms with Crippen molar-refractivity contribution in [2.45, 2.75) is 35.4 Å². The molecule has 1 aliphatic heterocycles. The average Bonchev–Trinajstić information content (AvgIpc) is 3.71. The summed E-state index contributed by atoms with van der Waals surface area (Å²) in [4.78, 5) is 24.1. The minimum absolute atomic E-state index is 0.0429. The van der Waals surface area contributed by atoms with E-state index in [2.05, 4.69) is 20.6 Å². The van der Waals surface area contributed by atoms with Gasteiger partial charge in [0.15, 0.2) is 5.82 Å². The van der Waals surface area contributed by atoms with Gasteiger partial charge in [-0.15, -0.1) is 0 Å². The van der Waals surface area contributed by atoms with Crippen molar-refractivity contribution in [3.8, 4) is 11.4 Å². The predicted molar refractivity (Wildman–Crippen MR) is 159 cm³/mol. The largest absolute Gasteiger partial charge is 0.377 e. The molecule has 2 fully saturated rings. The first-order valence-corrected chi connectivity index (χ1v) is 15.1. The molecule has 4 N–H and O–H groups in total. The molecule has 2 aromatic heterocycles. The molecule has 1 atom stereocenters. The smallest absolute Gasteiger partial charge is 0.323 e. The van der Waals surface area contributed by atoms with E-state index in [1.165, 1.54) is 18.2 Å². The van der Waals surface area contributed by atoms with Crippen molar-refractivity contribution in [3.05, 3.63) is 78.5 Å². The Hall–Kier alpha value is -4.04. The van der Waals surface area contributed by atoms with Crippen LogP contribution in [0.25, 0.3) is 11.4 Å². The number of benzene rings is 2. The molecule has 2 amide bonds. The summed E-state index contributed by atoms with van der Waals surface area (Å²) < 4.78 is 43.9. The van der Waals surface area contributed by atoms with Crippen LogP contribution >= 0.6 is 10.6 Å². The zero-order valence-electron chi connectivity index (χ0n) is 23.2. The van der Waals surface area contributed by atoms with E-state index in [0.29, 0.717) is 66.9 Å². The van der Waals surface area contributed by atoms with Crippen LogP contribution in [0.15, 0.2) is 71.9 Å². The van der Waals surface area contributed by atoms with Gasteiger partial charge in [0.2, 0.25) is 0 Å². The van der Waals surface area contributed by atoms with Gasteiger partial charge in [-0.05, 0) is 56.2 Å². The fourth-order valence-corrected chi connectivity index (χ4v) is 7.28. The Labute approximate surface area is 244 Å². The summed E-state index contributed by atoms with van der Waals surface area (Å²) in [5, 5.41) is 9.54. The number of aryl methyl sites for hydroxylation is 1. The second-order valence-corrected chi connectivity index (χ2v) is 12.9. The predicted octanol–water partition coefficient (Wildman–Crippen LogP) is 5.68. The number of halogens is 1. The van der Waals surface area contributed by atoms with Crippen LogP contribution in [0.4, 0.5) is 26.4 Å².